The van der Waals surface area contributed by atoms with Gasteiger partial charge in [0.2, 0.25) is 5.95 Å². The average molecular weight is 296 g/mol. The Balaban J connectivity index is 1.77. The summed E-state index contributed by atoms with van der Waals surface area (Å²) in [7, 11) is 0. The van der Waals surface area contributed by atoms with Gasteiger partial charge in [0.1, 0.15) is 5.69 Å². The van der Waals surface area contributed by atoms with E-state index in [0.29, 0.717) is 18.2 Å². The molecular weight excluding hydrogens is 276 g/mol. The van der Waals surface area contributed by atoms with E-state index in [2.05, 4.69) is 27.4 Å². The van der Waals surface area contributed by atoms with Crippen LogP contribution in [0.4, 0.5) is 5.95 Å². The smallest absolute Gasteiger partial charge is 0.272 e. The van der Waals surface area contributed by atoms with Gasteiger partial charge in [0, 0.05) is 25.3 Å². The molecule has 5 nitrogen and oxygen atoms in total. The molecule has 1 aliphatic heterocycles. The van der Waals surface area contributed by atoms with Crippen molar-refractivity contribution in [2.45, 2.75) is 32.9 Å². The summed E-state index contributed by atoms with van der Waals surface area (Å²) < 4.78 is 0. The van der Waals surface area contributed by atoms with E-state index in [9.17, 15) is 4.79 Å². The number of fused-ring (bicyclic) bond motifs is 1. The number of rotatable bonds is 3. The molecule has 2 aromatic rings. The largest absolute Gasteiger partial charge is 0.352 e. The monoisotopic (exact) mass is 296 g/mol. The van der Waals surface area contributed by atoms with Crippen LogP contribution in [0.2, 0.25) is 0 Å². The van der Waals surface area contributed by atoms with E-state index in [1.54, 1.807) is 12.3 Å². The first-order valence-electron chi connectivity index (χ1n) is 7.59. The quantitative estimate of drug-likeness (QED) is 0.945. The third kappa shape index (κ3) is 3.08. The minimum atomic E-state index is -0.0382. The Kier molecular flexibility index (Phi) is 4.04. The SMILES string of the molecule is CC(C)Nc1nccc(C(=O)N2CCc3ccccc3C2)n1. The summed E-state index contributed by atoms with van der Waals surface area (Å²) in [6, 6.07) is 10.2. The van der Waals surface area contributed by atoms with Gasteiger partial charge < -0.3 is 10.2 Å². The summed E-state index contributed by atoms with van der Waals surface area (Å²) in [5.74, 6) is 0.460. The van der Waals surface area contributed by atoms with Gasteiger partial charge in [-0.3, -0.25) is 4.79 Å². The number of aromatic nitrogens is 2. The highest BCUT2D eigenvalue weighted by atomic mass is 16.2. The fourth-order valence-corrected chi connectivity index (χ4v) is 2.64. The first-order valence-corrected chi connectivity index (χ1v) is 7.59. The molecule has 0 saturated heterocycles. The molecular formula is C17H20N4O. The zero-order valence-corrected chi connectivity index (χ0v) is 12.9. The fraction of sp³-hybridized carbons (Fsp3) is 0.353. The van der Waals surface area contributed by atoms with Crippen molar-refractivity contribution < 1.29 is 4.79 Å². The molecule has 22 heavy (non-hydrogen) atoms. The highest BCUT2D eigenvalue weighted by Gasteiger charge is 2.22. The number of benzene rings is 1. The number of hydrogen-bond donors (Lipinski definition) is 1. The molecule has 1 aliphatic rings. The van der Waals surface area contributed by atoms with Crippen LogP contribution >= 0.6 is 0 Å². The fourth-order valence-electron chi connectivity index (χ4n) is 2.64. The highest BCUT2D eigenvalue weighted by Crippen LogP contribution is 2.20. The number of amides is 1. The number of carbonyl (C=O) groups excluding carboxylic acids is 1. The lowest BCUT2D eigenvalue weighted by atomic mass is 10.00. The van der Waals surface area contributed by atoms with E-state index < -0.39 is 0 Å². The molecule has 3 rings (SSSR count). The molecule has 1 aromatic heterocycles. The Morgan fingerprint density at radius 3 is 2.77 bits per heavy atom. The van der Waals surface area contributed by atoms with E-state index in [1.165, 1.54) is 11.1 Å². The second kappa shape index (κ2) is 6.13. The van der Waals surface area contributed by atoms with Crippen molar-refractivity contribution in [3.63, 3.8) is 0 Å². The lowest BCUT2D eigenvalue weighted by molar-refractivity contribution is 0.0728. The Labute approximate surface area is 130 Å². The second-order valence-corrected chi connectivity index (χ2v) is 5.81. The van der Waals surface area contributed by atoms with Crippen LogP contribution in [-0.4, -0.2) is 33.4 Å². The van der Waals surface area contributed by atoms with Gasteiger partial charge in [-0.15, -0.1) is 0 Å². The maximum absolute atomic E-state index is 12.7. The van der Waals surface area contributed by atoms with Crippen molar-refractivity contribution in [1.29, 1.82) is 0 Å². The van der Waals surface area contributed by atoms with Gasteiger partial charge in [0.25, 0.3) is 5.91 Å². The van der Waals surface area contributed by atoms with Crippen LogP contribution in [0.15, 0.2) is 36.5 Å². The predicted molar refractivity (Wildman–Crippen MR) is 85.7 cm³/mol. The van der Waals surface area contributed by atoms with Crippen LogP contribution in [0.5, 0.6) is 0 Å². The third-order valence-corrected chi connectivity index (χ3v) is 3.71. The number of carbonyl (C=O) groups is 1. The van der Waals surface area contributed by atoms with Crippen LogP contribution in [0.25, 0.3) is 0 Å². The molecule has 0 bridgehead atoms. The molecule has 1 aromatic carbocycles. The van der Waals surface area contributed by atoms with Crippen molar-refractivity contribution in [2.75, 3.05) is 11.9 Å². The van der Waals surface area contributed by atoms with Crippen LogP contribution in [0.3, 0.4) is 0 Å². The molecule has 1 amide bonds. The molecule has 1 N–H and O–H groups in total. The first-order chi connectivity index (χ1) is 10.6. The molecule has 0 saturated carbocycles. The lowest BCUT2D eigenvalue weighted by Crippen LogP contribution is -2.36. The normalized spacial score (nSPS) is 13.9. The van der Waals surface area contributed by atoms with Crippen molar-refractivity contribution in [2.24, 2.45) is 0 Å². The number of nitrogens with one attached hydrogen (secondary N) is 1. The minimum Gasteiger partial charge on any atom is -0.352 e. The van der Waals surface area contributed by atoms with Gasteiger partial charge in [0.05, 0.1) is 0 Å². The second-order valence-electron chi connectivity index (χ2n) is 5.81. The molecule has 0 atom stereocenters. The molecule has 0 radical (unpaired) electrons. The Hall–Kier alpha value is -2.43. The van der Waals surface area contributed by atoms with Gasteiger partial charge in [-0.2, -0.15) is 0 Å². The maximum Gasteiger partial charge on any atom is 0.272 e. The lowest BCUT2D eigenvalue weighted by Gasteiger charge is -2.28. The standard InChI is InChI=1S/C17H20N4O/c1-12(2)19-17-18-9-7-15(20-17)16(22)21-10-8-13-5-3-4-6-14(13)11-21/h3-7,9,12H,8,10-11H2,1-2H3,(H,18,19,20). The first kappa shape index (κ1) is 14.5. The summed E-state index contributed by atoms with van der Waals surface area (Å²) in [6.07, 6.45) is 2.52. The zero-order valence-electron chi connectivity index (χ0n) is 12.9. The van der Waals surface area contributed by atoms with Crippen LogP contribution in [-0.2, 0) is 13.0 Å². The average Bonchev–Trinajstić information content (AvgIpc) is 2.53. The van der Waals surface area contributed by atoms with E-state index in [4.69, 9.17) is 0 Å². The van der Waals surface area contributed by atoms with Gasteiger partial charge in [-0.25, -0.2) is 9.97 Å². The van der Waals surface area contributed by atoms with Gasteiger partial charge >= 0.3 is 0 Å². The topological polar surface area (TPSA) is 58.1 Å². The Morgan fingerprint density at radius 1 is 1.23 bits per heavy atom. The van der Waals surface area contributed by atoms with Gasteiger partial charge in [-0.05, 0) is 37.5 Å². The molecule has 0 fully saturated rings. The molecule has 5 heteroatoms. The number of anilines is 1. The summed E-state index contributed by atoms with van der Waals surface area (Å²) in [5.41, 5.74) is 2.99. The molecule has 114 valence electrons. The third-order valence-electron chi connectivity index (χ3n) is 3.71. The van der Waals surface area contributed by atoms with E-state index in [1.807, 2.05) is 30.9 Å². The number of hydrogen-bond acceptors (Lipinski definition) is 4. The van der Waals surface area contributed by atoms with Crippen molar-refractivity contribution in [3.05, 3.63) is 53.3 Å². The van der Waals surface area contributed by atoms with Gasteiger partial charge in [-0.1, -0.05) is 24.3 Å². The maximum atomic E-state index is 12.7. The Bertz CT molecular complexity index is 684. The van der Waals surface area contributed by atoms with E-state index in [0.717, 1.165) is 13.0 Å². The van der Waals surface area contributed by atoms with Crippen LogP contribution in [0, 0.1) is 0 Å². The summed E-state index contributed by atoms with van der Waals surface area (Å²) in [5, 5.41) is 3.13. The highest BCUT2D eigenvalue weighted by molar-refractivity contribution is 5.92. The molecule has 2 heterocycles. The summed E-state index contributed by atoms with van der Waals surface area (Å²) >= 11 is 0. The molecule has 0 spiro atoms. The van der Waals surface area contributed by atoms with Gasteiger partial charge in [0.15, 0.2) is 0 Å². The molecule has 0 unspecified atom stereocenters. The van der Waals surface area contributed by atoms with E-state index >= 15 is 0 Å². The molecule has 0 aliphatic carbocycles. The summed E-state index contributed by atoms with van der Waals surface area (Å²) in [4.78, 5) is 23.0. The minimum absolute atomic E-state index is 0.0382. The van der Waals surface area contributed by atoms with E-state index in [-0.39, 0.29) is 11.9 Å². The number of nitrogens with zero attached hydrogens (tertiary/aromatic N) is 3. The zero-order chi connectivity index (χ0) is 15.5. The van der Waals surface area contributed by atoms with Crippen LogP contribution in [0.1, 0.15) is 35.5 Å². The van der Waals surface area contributed by atoms with Crippen molar-refractivity contribution in [1.82, 2.24) is 14.9 Å². The van der Waals surface area contributed by atoms with Crippen molar-refractivity contribution in [3.8, 4) is 0 Å². The predicted octanol–water partition coefficient (Wildman–Crippen LogP) is 2.50. The van der Waals surface area contributed by atoms with Crippen LogP contribution < -0.4 is 5.32 Å². The summed E-state index contributed by atoms with van der Waals surface area (Å²) in [6.45, 7) is 5.40. The van der Waals surface area contributed by atoms with Crippen molar-refractivity contribution >= 4 is 11.9 Å². The Morgan fingerprint density at radius 2 is 2.00 bits per heavy atom.